The lowest BCUT2D eigenvalue weighted by Gasteiger charge is -2.03. The van der Waals surface area contributed by atoms with Crippen molar-refractivity contribution in [2.24, 2.45) is 0 Å². The first-order valence-corrected chi connectivity index (χ1v) is 7.21. The van der Waals surface area contributed by atoms with Crippen molar-refractivity contribution in [1.82, 2.24) is 5.32 Å². The summed E-state index contributed by atoms with van der Waals surface area (Å²) in [6.07, 6.45) is 2.36. The predicted octanol–water partition coefficient (Wildman–Crippen LogP) is 5.14. The van der Waals surface area contributed by atoms with Crippen LogP contribution in [0.1, 0.15) is 25.5 Å². The van der Waals surface area contributed by atoms with E-state index < -0.39 is 0 Å². The van der Waals surface area contributed by atoms with Gasteiger partial charge < -0.3 is 9.73 Å². The Morgan fingerprint density at radius 2 is 2.00 bits per heavy atom. The van der Waals surface area contributed by atoms with Crippen molar-refractivity contribution < 1.29 is 4.42 Å². The number of furan rings is 1. The van der Waals surface area contributed by atoms with E-state index >= 15 is 0 Å². The molecule has 0 unspecified atom stereocenters. The highest BCUT2D eigenvalue weighted by molar-refractivity contribution is 6.35. The van der Waals surface area contributed by atoms with Gasteiger partial charge >= 0.3 is 0 Å². The zero-order valence-electron chi connectivity index (χ0n) is 10.9. The van der Waals surface area contributed by atoms with Crippen LogP contribution in [0, 0.1) is 0 Å². The fourth-order valence-corrected chi connectivity index (χ4v) is 2.20. The van der Waals surface area contributed by atoms with Gasteiger partial charge in [0.05, 0.1) is 11.6 Å². The summed E-state index contributed by atoms with van der Waals surface area (Å²) in [6, 6.07) is 9.25. The fourth-order valence-electron chi connectivity index (χ4n) is 1.82. The van der Waals surface area contributed by atoms with Crippen LogP contribution in [0.25, 0.3) is 11.3 Å². The molecule has 1 N–H and O–H groups in total. The lowest BCUT2D eigenvalue weighted by atomic mass is 10.2. The van der Waals surface area contributed by atoms with Gasteiger partial charge in [0.25, 0.3) is 0 Å². The summed E-state index contributed by atoms with van der Waals surface area (Å²) in [6.45, 7) is 3.91. The lowest BCUT2D eigenvalue weighted by molar-refractivity contribution is 0.490. The zero-order chi connectivity index (χ0) is 13.7. The molecule has 1 aromatic carbocycles. The van der Waals surface area contributed by atoms with Gasteiger partial charge in [0.2, 0.25) is 0 Å². The van der Waals surface area contributed by atoms with Gasteiger partial charge in [0.15, 0.2) is 0 Å². The maximum atomic E-state index is 6.15. The van der Waals surface area contributed by atoms with Crippen LogP contribution in [0.3, 0.4) is 0 Å². The molecule has 0 aliphatic carbocycles. The first kappa shape index (κ1) is 14.4. The fraction of sp³-hybridized carbons (Fsp3) is 0.333. The van der Waals surface area contributed by atoms with E-state index in [0.717, 1.165) is 30.2 Å². The first-order chi connectivity index (χ1) is 9.20. The third kappa shape index (κ3) is 4.00. The molecule has 0 aliphatic rings. The molecule has 0 atom stereocenters. The summed E-state index contributed by atoms with van der Waals surface area (Å²) in [7, 11) is 0. The summed E-state index contributed by atoms with van der Waals surface area (Å²) < 4.78 is 5.78. The maximum Gasteiger partial charge on any atom is 0.135 e. The Kier molecular flexibility index (Phi) is 5.32. The Labute approximate surface area is 123 Å². The molecule has 0 radical (unpaired) electrons. The Morgan fingerprint density at radius 3 is 2.79 bits per heavy atom. The number of hydrogen-bond donors (Lipinski definition) is 1. The summed E-state index contributed by atoms with van der Waals surface area (Å²) in [5.41, 5.74) is 0.828. The smallest absolute Gasteiger partial charge is 0.135 e. The van der Waals surface area contributed by atoms with Crippen LogP contribution in [-0.4, -0.2) is 6.54 Å². The molecule has 2 aromatic rings. The lowest BCUT2D eigenvalue weighted by Crippen LogP contribution is -2.13. The van der Waals surface area contributed by atoms with Crippen LogP contribution >= 0.6 is 23.2 Å². The molecule has 0 saturated carbocycles. The van der Waals surface area contributed by atoms with Crippen LogP contribution in [0.5, 0.6) is 0 Å². The molecule has 0 spiro atoms. The van der Waals surface area contributed by atoms with Gasteiger partial charge in [0, 0.05) is 10.6 Å². The van der Waals surface area contributed by atoms with E-state index in [9.17, 15) is 0 Å². The normalized spacial score (nSPS) is 10.9. The first-order valence-electron chi connectivity index (χ1n) is 6.45. The Bertz CT molecular complexity index is 537. The highest BCUT2D eigenvalue weighted by Crippen LogP contribution is 2.31. The number of benzene rings is 1. The predicted molar refractivity (Wildman–Crippen MR) is 80.8 cm³/mol. The van der Waals surface area contributed by atoms with Crippen LogP contribution in [0.15, 0.2) is 34.7 Å². The standard InChI is InChI=1S/C15H17Cl2NO/c1-2-3-8-18-10-12-5-7-15(19-12)13-9-11(16)4-6-14(13)17/h4-7,9,18H,2-3,8,10H2,1H3. The zero-order valence-corrected chi connectivity index (χ0v) is 12.4. The van der Waals surface area contributed by atoms with Crippen molar-refractivity contribution in [1.29, 1.82) is 0 Å². The summed E-state index contributed by atoms with van der Waals surface area (Å²) in [4.78, 5) is 0. The van der Waals surface area contributed by atoms with Gasteiger partial charge in [-0.05, 0) is 43.3 Å². The van der Waals surface area contributed by atoms with Crippen molar-refractivity contribution in [3.8, 4) is 11.3 Å². The maximum absolute atomic E-state index is 6.15. The minimum atomic E-state index is 0.643. The van der Waals surface area contributed by atoms with Crippen LogP contribution < -0.4 is 5.32 Å². The van der Waals surface area contributed by atoms with E-state index in [-0.39, 0.29) is 0 Å². The number of unbranched alkanes of at least 4 members (excludes halogenated alkanes) is 1. The summed E-state index contributed by atoms with van der Waals surface area (Å²) >= 11 is 12.1. The SMILES string of the molecule is CCCCNCc1ccc(-c2cc(Cl)ccc2Cl)o1. The molecule has 0 bridgehead atoms. The molecule has 1 heterocycles. The van der Waals surface area contributed by atoms with Crippen LogP contribution in [0.4, 0.5) is 0 Å². The van der Waals surface area contributed by atoms with Crippen molar-refractivity contribution in [3.63, 3.8) is 0 Å². The van der Waals surface area contributed by atoms with E-state index in [1.165, 1.54) is 12.8 Å². The molecule has 0 fully saturated rings. The second-order valence-corrected chi connectivity index (χ2v) is 5.26. The van der Waals surface area contributed by atoms with E-state index in [4.69, 9.17) is 27.6 Å². The van der Waals surface area contributed by atoms with Crippen LogP contribution in [-0.2, 0) is 6.54 Å². The molecule has 4 heteroatoms. The van der Waals surface area contributed by atoms with Gasteiger partial charge in [0.1, 0.15) is 11.5 Å². The summed E-state index contributed by atoms with van der Waals surface area (Å²) in [5, 5.41) is 4.63. The minimum absolute atomic E-state index is 0.643. The van der Waals surface area contributed by atoms with E-state index in [1.807, 2.05) is 18.2 Å². The molecule has 19 heavy (non-hydrogen) atoms. The number of halogens is 2. The second-order valence-electron chi connectivity index (χ2n) is 4.42. The monoisotopic (exact) mass is 297 g/mol. The van der Waals surface area contributed by atoms with Gasteiger partial charge in [-0.3, -0.25) is 0 Å². The largest absolute Gasteiger partial charge is 0.460 e. The highest BCUT2D eigenvalue weighted by Gasteiger charge is 2.09. The molecule has 2 nitrogen and oxygen atoms in total. The molecule has 1 aromatic heterocycles. The van der Waals surface area contributed by atoms with Crippen molar-refractivity contribution >= 4 is 23.2 Å². The van der Waals surface area contributed by atoms with Gasteiger partial charge in [-0.15, -0.1) is 0 Å². The third-order valence-corrected chi connectivity index (χ3v) is 3.43. The molecule has 0 aliphatic heterocycles. The number of hydrogen-bond acceptors (Lipinski definition) is 2. The third-order valence-electron chi connectivity index (χ3n) is 2.86. The Balaban J connectivity index is 2.06. The molecular weight excluding hydrogens is 281 g/mol. The quantitative estimate of drug-likeness (QED) is 0.747. The molecule has 0 amide bonds. The Hall–Kier alpha value is -0.960. The van der Waals surface area contributed by atoms with E-state index in [2.05, 4.69) is 12.2 Å². The number of rotatable bonds is 6. The average Bonchev–Trinajstić information content (AvgIpc) is 2.86. The molecule has 0 saturated heterocycles. The van der Waals surface area contributed by atoms with Gasteiger partial charge in [-0.2, -0.15) is 0 Å². The van der Waals surface area contributed by atoms with E-state index in [1.54, 1.807) is 12.1 Å². The van der Waals surface area contributed by atoms with Crippen molar-refractivity contribution in [3.05, 3.63) is 46.1 Å². The number of nitrogens with one attached hydrogen (secondary N) is 1. The van der Waals surface area contributed by atoms with E-state index in [0.29, 0.717) is 10.0 Å². The molecule has 2 rings (SSSR count). The summed E-state index contributed by atoms with van der Waals surface area (Å²) in [5.74, 6) is 1.65. The Morgan fingerprint density at radius 1 is 1.16 bits per heavy atom. The molecule has 102 valence electrons. The topological polar surface area (TPSA) is 25.2 Å². The average molecular weight is 298 g/mol. The van der Waals surface area contributed by atoms with Gasteiger partial charge in [-0.1, -0.05) is 36.5 Å². The van der Waals surface area contributed by atoms with Crippen molar-refractivity contribution in [2.45, 2.75) is 26.3 Å². The van der Waals surface area contributed by atoms with Gasteiger partial charge in [-0.25, -0.2) is 0 Å². The van der Waals surface area contributed by atoms with Crippen molar-refractivity contribution in [2.75, 3.05) is 6.54 Å². The van der Waals surface area contributed by atoms with Crippen LogP contribution in [0.2, 0.25) is 10.0 Å². The highest BCUT2D eigenvalue weighted by atomic mass is 35.5. The second kappa shape index (κ2) is 6.99. The molecular formula is C15H17Cl2NO. The minimum Gasteiger partial charge on any atom is -0.460 e.